The standard InChI is InChI=1S/C16H14ClF3O4S/c1-10-3-5-15(6-4-10)25(21,22)24-11(2)12-7-13(17)9-14(8-12)23-16(18,19)20/h3-9,11H,1-2H3. The summed E-state index contributed by atoms with van der Waals surface area (Å²) >= 11 is 5.78. The number of ether oxygens (including phenoxy) is 1. The van der Waals surface area contributed by atoms with Crippen molar-refractivity contribution in [3.63, 3.8) is 0 Å². The lowest BCUT2D eigenvalue weighted by Gasteiger charge is -2.16. The van der Waals surface area contributed by atoms with Gasteiger partial charge in [-0.25, -0.2) is 0 Å². The topological polar surface area (TPSA) is 52.6 Å². The molecular formula is C16H14ClF3O4S. The summed E-state index contributed by atoms with van der Waals surface area (Å²) in [6.07, 6.45) is -5.96. The highest BCUT2D eigenvalue weighted by atomic mass is 35.5. The molecule has 0 saturated carbocycles. The van der Waals surface area contributed by atoms with E-state index in [0.29, 0.717) is 0 Å². The molecule has 0 amide bonds. The van der Waals surface area contributed by atoms with E-state index in [1.165, 1.54) is 25.1 Å². The molecule has 0 fully saturated rings. The van der Waals surface area contributed by atoms with Crippen molar-refractivity contribution in [3.8, 4) is 5.75 Å². The largest absolute Gasteiger partial charge is 0.573 e. The van der Waals surface area contributed by atoms with Gasteiger partial charge in [0, 0.05) is 5.02 Å². The number of hydrogen-bond acceptors (Lipinski definition) is 4. The summed E-state index contributed by atoms with van der Waals surface area (Å²) in [5.74, 6) is -0.557. The van der Waals surface area contributed by atoms with E-state index in [9.17, 15) is 21.6 Å². The minimum absolute atomic E-state index is 0.0417. The molecule has 9 heteroatoms. The fourth-order valence-electron chi connectivity index (χ4n) is 2.02. The van der Waals surface area contributed by atoms with Crippen LogP contribution in [0.5, 0.6) is 5.75 Å². The van der Waals surface area contributed by atoms with Gasteiger partial charge in [-0.1, -0.05) is 29.3 Å². The highest BCUT2D eigenvalue weighted by Crippen LogP contribution is 2.31. The maximum atomic E-state index is 12.3. The van der Waals surface area contributed by atoms with E-state index in [0.717, 1.165) is 17.7 Å². The smallest absolute Gasteiger partial charge is 0.406 e. The molecular weight excluding hydrogens is 381 g/mol. The van der Waals surface area contributed by atoms with Crippen molar-refractivity contribution in [1.82, 2.24) is 0 Å². The minimum Gasteiger partial charge on any atom is -0.406 e. The first kappa shape index (κ1) is 19.6. The van der Waals surface area contributed by atoms with Gasteiger partial charge in [-0.2, -0.15) is 8.42 Å². The Hall–Kier alpha value is -1.77. The first-order chi connectivity index (χ1) is 11.5. The average molecular weight is 395 g/mol. The lowest BCUT2D eigenvalue weighted by molar-refractivity contribution is -0.274. The first-order valence-corrected chi connectivity index (χ1v) is 8.81. The zero-order valence-corrected chi connectivity index (χ0v) is 14.7. The highest BCUT2D eigenvalue weighted by Gasteiger charge is 2.31. The molecule has 0 aliphatic carbocycles. The van der Waals surface area contributed by atoms with Crippen LogP contribution < -0.4 is 4.74 Å². The maximum absolute atomic E-state index is 12.3. The Kier molecular flexibility index (Phi) is 5.65. The monoisotopic (exact) mass is 394 g/mol. The van der Waals surface area contributed by atoms with Gasteiger partial charge in [0.05, 0.1) is 11.0 Å². The molecule has 0 radical (unpaired) electrons. The molecule has 0 aliphatic rings. The summed E-state index contributed by atoms with van der Waals surface area (Å²) in [4.78, 5) is -0.0567. The van der Waals surface area contributed by atoms with Crippen LogP contribution in [-0.4, -0.2) is 14.8 Å². The third-order valence-electron chi connectivity index (χ3n) is 3.18. The number of alkyl halides is 3. The van der Waals surface area contributed by atoms with Gasteiger partial charge in [0.1, 0.15) is 5.75 Å². The Morgan fingerprint density at radius 1 is 1.08 bits per heavy atom. The molecule has 2 rings (SSSR count). The second kappa shape index (κ2) is 7.23. The molecule has 136 valence electrons. The van der Waals surface area contributed by atoms with Gasteiger partial charge in [0.25, 0.3) is 10.1 Å². The molecule has 25 heavy (non-hydrogen) atoms. The predicted octanol–water partition coefficient (Wildman–Crippen LogP) is 5.01. The molecule has 2 aromatic rings. The molecule has 0 aromatic heterocycles. The van der Waals surface area contributed by atoms with Crippen LogP contribution in [0.15, 0.2) is 47.4 Å². The van der Waals surface area contributed by atoms with Crippen molar-refractivity contribution in [2.75, 3.05) is 0 Å². The van der Waals surface area contributed by atoms with Crippen LogP contribution in [0.3, 0.4) is 0 Å². The van der Waals surface area contributed by atoms with Gasteiger partial charge < -0.3 is 4.74 Å². The molecule has 2 aromatic carbocycles. The van der Waals surface area contributed by atoms with Crippen LogP contribution in [-0.2, 0) is 14.3 Å². The average Bonchev–Trinajstić information content (AvgIpc) is 2.44. The quantitative estimate of drug-likeness (QED) is 0.669. The van der Waals surface area contributed by atoms with Crippen molar-refractivity contribution in [1.29, 1.82) is 0 Å². The van der Waals surface area contributed by atoms with E-state index in [4.69, 9.17) is 15.8 Å². The van der Waals surface area contributed by atoms with E-state index in [1.54, 1.807) is 19.1 Å². The third-order valence-corrected chi connectivity index (χ3v) is 4.79. The van der Waals surface area contributed by atoms with Crippen LogP contribution in [0.1, 0.15) is 24.2 Å². The van der Waals surface area contributed by atoms with E-state index in [2.05, 4.69) is 4.74 Å². The Bertz CT molecular complexity index is 849. The zero-order chi connectivity index (χ0) is 18.8. The van der Waals surface area contributed by atoms with Crippen molar-refractivity contribution in [2.24, 2.45) is 0 Å². The van der Waals surface area contributed by atoms with Crippen molar-refractivity contribution < 1.29 is 30.5 Å². The lowest BCUT2D eigenvalue weighted by atomic mass is 10.1. The molecule has 0 bridgehead atoms. The van der Waals surface area contributed by atoms with E-state index >= 15 is 0 Å². The van der Waals surface area contributed by atoms with E-state index < -0.39 is 28.3 Å². The molecule has 0 saturated heterocycles. The summed E-state index contributed by atoms with van der Waals surface area (Å²) in [7, 11) is -4.09. The van der Waals surface area contributed by atoms with Crippen LogP contribution in [0.25, 0.3) is 0 Å². The first-order valence-electron chi connectivity index (χ1n) is 7.02. The van der Waals surface area contributed by atoms with Gasteiger partial charge >= 0.3 is 6.36 Å². The summed E-state index contributed by atoms with van der Waals surface area (Å²) in [5.41, 5.74) is 0.998. The number of hydrogen-bond donors (Lipinski definition) is 0. The number of halogens is 4. The molecule has 4 nitrogen and oxygen atoms in total. The summed E-state index contributed by atoms with van der Waals surface area (Å²) in [6.45, 7) is 3.18. The highest BCUT2D eigenvalue weighted by molar-refractivity contribution is 7.86. The van der Waals surface area contributed by atoms with Crippen LogP contribution in [0.2, 0.25) is 5.02 Å². The molecule has 0 heterocycles. The van der Waals surface area contributed by atoms with Gasteiger partial charge in [-0.3, -0.25) is 4.18 Å². The van der Waals surface area contributed by atoms with E-state index in [1.807, 2.05) is 0 Å². The molecule has 1 unspecified atom stereocenters. The Balaban J connectivity index is 2.25. The van der Waals surface area contributed by atoms with Gasteiger partial charge in [-0.15, -0.1) is 13.2 Å². The predicted molar refractivity (Wildman–Crippen MR) is 86.0 cm³/mol. The summed E-state index contributed by atoms with van der Waals surface area (Å²) < 4.78 is 70.4. The van der Waals surface area contributed by atoms with Crippen LogP contribution >= 0.6 is 11.6 Å². The van der Waals surface area contributed by atoms with Gasteiger partial charge in [0.15, 0.2) is 0 Å². The van der Waals surface area contributed by atoms with Crippen LogP contribution in [0, 0.1) is 6.92 Å². The van der Waals surface area contributed by atoms with Crippen molar-refractivity contribution >= 4 is 21.7 Å². The van der Waals surface area contributed by atoms with Crippen LogP contribution in [0.4, 0.5) is 13.2 Å². The maximum Gasteiger partial charge on any atom is 0.573 e. The van der Waals surface area contributed by atoms with Gasteiger partial charge in [0.2, 0.25) is 0 Å². The third kappa shape index (κ3) is 5.62. The Labute approximate surface area is 148 Å². The minimum atomic E-state index is -4.89. The number of benzene rings is 2. The Morgan fingerprint density at radius 3 is 2.24 bits per heavy atom. The Morgan fingerprint density at radius 2 is 1.68 bits per heavy atom. The zero-order valence-electron chi connectivity index (χ0n) is 13.2. The van der Waals surface area contributed by atoms with Crippen molar-refractivity contribution in [3.05, 3.63) is 58.6 Å². The molecule has 1 atom stereocenters. The normalized spacial score (nSPS) is 13.5. The second-order valence-corrected chi connectivity index (χ2v) is 7.28. The van der Waals surface area contributed by atoms with Crippen molar-refractivity contribution in [2.45, 2.75) is 31.2 Å². The number of rotatable bonds is 5. The van der Waals surface area contributed by atoms with Gasteiger partial charge in [-0.05, 0) is 49.7 Å². The summed E-state index contributed by atoms with van der Waals surface area (Å²) in [5, 5.41) is -0.0417. The molecule has 0 aliphatic heterocycles. The van der Waals surface area contributed by atoms with E-state index in [-0.39, 0.29) is 15.5 Å². The molecule has 0 N–H and O–H groups in total. The lowest BCUT2D eigenvalue weighted by Crippen LogP contribution is -2.17. The number of aryl methyl sites for hydroxylation is 1. The SMILES string of the molecule is Cc1ccc(S(=O)(=O)OC(C)c2cc(Cl)cc(OC(F)(F)F)c2)cc1. The fourth-order valence-corrected chi connectivity index (χ4v) is 3.32. The molecule has 0 spiro atoms. The fraction of sp³-hybridized carbons (Fsp3) is 0.250. The second-order valence-electron chi connectivity index (χ2n) is 5.27. The summed E-state index contributed by atoms with van der Waals surface area (Å²) in [6, 6.07) is 9.28.